The average Bonchev–Trinajstić information content (AvgIpc) is 3.46. The molecule has 4 rings (SSSR count). The number of hydrogen-bond donors (Lipinski definition) is 1. The molecule has 1 saturated carbocycles. The van der Waals surface area contributed by atoms with Crippen LogP contribution in [0.5, 0.6) is 0 Å². The summed E-state index contributed by atoms with van der Waals surface area (Å²) in [7, 11) is 0. The number of amides is 1. The number of para-hydroxylation sites is 2. The predicted octanol–water partition coefficient (Wildman–Crippen LogP) is 2.45. The summed E-state index contributed by atoms with van der Waals surface area (Å²) in [6, 6.07) is 13.2. The van der Waals surface area contributed by atoms with Gasteiger partial charge in [0.15, 0.2) is 0 Å². The smallest absolute Gasteiger partial charge is 0.270 e. The van der Waals surface area contributed by atoms with Crippen LogP contribution in [-0.2, 0) is 11.2 Å². The fourth-order valence-corrected chi connectivity index (χ4v) is 2.93. The van der Waals surface area contributed by atoms with E-state index < -0.39 is 0 Å². The molecule has 0 aliphatic heterocycles. The largest absolute Gasteiger partial charge is 0.319 e. The molecule has 1 aliphatic rings. The molecule has 2 heterocycles. The summed E-state index contributed by atoms with van der Waals surface area (Å²) in [6.07, 6.45) is 4.23. The second-order valence-electron chi connectivity index (χ2n) is 6.21. The number of carbonyl (C=O) groups excluding carboxylic acids is 1. The van der Waals surface area contributed by atoms with E-state index in [1.807, 2.05) is 42.5 Å². The van der Waals surface area contributed by atoms with Crippen molar-refractivity contribution in [1.82, 2.24) is 15.0 Å². The van der Waals surface area contributed by atoms with Crippen molar-refractivity contribution in [2.45, 2.75) is 31.7 Å². The molecular weight excluding hydrogens is 316 g/mol. The molecule has 1 fully saturated rings. The van der Waals surface area contributed by atoms with Gasteiger partial charge in [0.2, 0.25) is 5.91 Å². The lowest BCUT2D eigenvalue weighted by atomic mass is 10.2. The van der Waals surface area contributed by atoms with Crippen LogP contribution in [-0.4, -0.2) is 26.9 Å². The molecule has 6 heteroatoms. The third-order valence-electron chi connectivity index (χ3n) is 4.32. The van der Waals surface area contributed by atoms with Gasteiger partial charge in [0.25, 0.3) is 5.56 Å². The van der Waals surface area contributed by atoms with Crippen LogP contribution < -0.4 is 10.5 Å². The average molecular weight is 334 g/mol. The quantitative estimate of drug-likeness (QED) is 0.777. The molecule has 25 heavy (non-hydrogen) atoms. The Hall–Kier alpha value is -3.02. The summed E-state index contributed by atoms with van der Waals surface area (Å²) in [5, 5.41) is 0. The van der Waals surface area contributed by atoms with E-state index in [4.69, 9.17) is 0 Å². The lowest BCUT2D eigenvalue weighted by Gasteiger charge is -2.21. The van der Waals surface area contributed by atoms with Crippen molar-refractivity contribution < 1.29 is 4.79 Å². The van der Waals surface area contributed by atoms with Crippen LogP contribution in [0.25, 0.3) is 11.0 Å². The fraction of sp³-hybridized carbons (Fsp3) is 0.263. The highest BCUT2D eigenvalue weighted by molar-refractivity contribution is 5.93. The maximum atomic E-state index is 12.7. The van der Waals surface area contributed by atoms with Crippen LogP contribution in [0, 0.1) is 0 Å². The molecule has 2 aromatic heterocycles. The van der Waals surface area contributed by atoms with Gasteiger partial charge in [0.1, 0.15) is 11.5 Å². The first kappa shape index (κ1) is 15.5. The molecule has 0 spiro atoms. The van der Waals surface area contributed by atoms with Crippen molar-refractivity contribution >= 4 is 22.8 Å². The Bertz CT molecular complexity index is 964. The topological polar surface area (TPSA) is 79.0 Å². The number of anilines is 1. The number of pyridine rings is 1. The van der Waals surface area contributed by atoms with Gasteiger partial charge in [0.05, 0.1) is 11.0 Å². The first-order valence-electron chi connectivity index (χ1n) is 8.43. The summed E-state index contributed by atoms with van der Waals surface area (Å²) < 4.78 is 0. The third kappa shape index (κ3) is 3.28. The number of H-pyrrole nitrogens is 1. The number of aryl methyl sites for hydroxylation is 1. The van der Waals surface area contributed by atoms with Crippen molar-refractivity contribution in [2.24, 2.45) is 0 Å². The van der Waals surface area contributed by atoms with E-state index in [9.17, 15) is 9.59 Å². The Labute approximate surface area is 144 Å². The van der Waals surface area contributed by atoms with Crippen molar-refractivity contribution in [3.8, 4) is 0 Å². The molecular formula is C19H18N4O2. The summed E-state index contributed by atoms with van der Waals surface area (Å²) >= 11 is 0. The molecule has 1 aliphatic carbocycles. The van der Waals surface area contributed by atoms with E-state index in [1.54, 1.807) is 11.1 Å². The van der Waals surface area contributed by atoms with Crippen LogP contribution in [0.15, 0.2) is 53.5 Å². The summed E-state index contributed by atoms with van der Waals surface area (Å²) in [6.45, 7) is 0. The lowest BCUT2D eigenvalue weighted by Crippen LogP contribution is -2.34. The molecule has 126 valence electrons. The molecule has 0 bridgehead atoms. The predicted molar refractivity (Wildman–Crippen MR) is 95.4 cm³/mol. The van der Waals surface area contributed by atoms with Crippen LogP contribution >= 0.6 is 0 Å². The highest BCUT2D eigenvalue weighted by atomic mass is 16.2. The van der Waals surface area contributed by atoms with E-state index in [1.165, 1.54) is 0 Å². The molecule has 6 nitrogen and oxygen atoms in total. The van der Waals surface area contributed by atoms with Gasteiger partial charge in [-0.05, 0) is 37.1 Å². The van der Waals surface area contributed by atoms with Crippen molar-refractivity contribution in [1.29, 1.82) is 0 Å². The number of aromatic nitrogens is 3. The number of carbonyl (C=O) groups is 1. The number of aromatic amines is 1. The van der Waals surface area contributed by atoms with E-state index >= 15 is 0 Å². The monoisotopic (exact) mass is 334 g/mol. The van der Waals surface area contributed by atoms with E-state index in [0.29, 0.717) is 23.4 Å². The zero-order valence-electron chi connectivity index (χ0n) is 13.7. The first-order valence-corrected chi connectivity index (χ1v) is 8.43. The minimum Gasteiger partial charge on any atom is -0.319 e. The zero-order chi connectivity index (χ0) is 17.2. The summed E-state index contributed by atoms with van der Waals surface area (Å²) in [5.74, 6) is 0.658. The van der Waals surface area contributed by atoms with Crippen LogP contribution in [0.4, 0.5) is 5.82 Å². The summed E-state index contributed by atoms with van der Waals surface area (Å²) in [5.41, 5.74) is 1.59. The summed E-state index contributed by atoms with van der Waals surface area (Å²) in [4.78, 5) is 38.2. The number of nitrogens with one attached hydrogen (secondary N) is 1. The number of hydrogen-bond acceptors (Lipinski definition) is 4. The van der Waals surface area contributed by atoms with Gasteiger partial charge in [-0.2, -0.15) is 0 Å². The second kappa shape index (κ2) is 6.47. The Balaban J connectivity index is 1.53. The van der Waals surface area contributed by atoms with Crippen molar-refractivity contribution in [3.05, 3.63) is 64.7 Å². The highest BCUT2D eigenvalue weighted by Gasteiger charge is 2.34. The van der Waals surface area contributed by atoms with Gasteiger partial charge in [-0.25, -0.2) is 9.97 Å². The fourth-order valence-electron chi connectivity index (χ4n) is 2.93. The van der Waals surface area contributed by atoms with Gasteiger partial charge in [-0.3, -0.25) is 14.5 Å². The molecule has 1 aromatic carbocycles. The Morgan fingerprint density at radius 2 is 1.96 bits per heavy atom. The van der Waals surface area contributed by atoms with Crippen LogP contribution in [0.1, 0.15) is 25.0 Å². The molecule has 0 saturated heterocycles. The molecule has 1 N–H and O–H groups in total. The van der Waals surface area contributed by atoms with Crippen molar-refractivity contribution in [2.75, 3.05) is 4.90 Å². The number of fused-ring (bicyclic) bond motifs is 1. The lowest BCUT2D eigenvalue weighted by molar-refractivity contribution is -0.118. The molecule has 0 atom stereocenters. The second-order valence-corrected chi connectivity index (χ2v) is 6.21. The normalized spacial score (nSPS) is 13.8. The molecule has 3 aromatic rings. The Morgan fingerprint density at radius 1 is 1.16 bits per heavy atom. The molecule has 0 radical (unpaired) electrons. The first-order chi connectivity index (χ1) is 12.2. The van der Waals surface area contributed by atoms with Gasteiger partial charge in [-0.1, -0.05) is 18.2 Å². The van der Waals surface area contributed by atoms with Crippen LogP contribution in [0.3, 0.4) is 0 Å². The minimum absolute atomic E-state index is 0.0180. The number of benzene rings is 1. The maximum Gasteiger partial charge on any atom is 0.270 e. The molecule has 1 amide bonds. The Morgan fingerprint density at radius 3 is 2.72 bits per heavy atom. The van der Waals surface area contributed by atoms with Gasteiger partial charge in [0, 0.05) is 25.1 Å². The van der Waals surface area contributed by atoms with Gasteiger partial charge < -0.3 is 4.98 Å². The van der Waals surface area contributed by atoms with Gasteiger partial charge >= 0.3 is 0 Å². The van der Waals surface area contributed by atoms with Crippen molar-refractivity contribution in [3.63, 3.8) is 0 Å². The van der Waals surface area contributed by atoms with Crippen LogP contribution in [0.2, 0.25) is 0 Å². The number of rotatable bonds is 5. The highest BCUT2D eigenvalue weighted by Crippen LogP contribution is 2.31. The van der Waals surface area contributed by atoms with E-state index in [-0.39, 0.29) is 23.9 Å². The Kier molecular flexibility index (Phi) is 4.01. The maximum absolute atomic E-state index is 12.7. The number of nitrogens with zero attached hydrogens (tertiary/aromatic N) is 3. The van der Waals surface area contributed by atoms with E-state index in [2.05, 4.69) is 15.0 Å². The zero-order valence-corrected chi connectivity index (χ0v) is 13.7. The van der Waals surface area contributed by atoms with Gasteiger partial charge in [-0.15, -0.1) is 0 Å². The standard InChI is InChI=1S/C19H18N4O2/c24-18(23(13-8-9-13)17-7-3-4-12-20-17)11-10-16-19(25)22-15-6-2-1-5-14(15)21-16/h1-7,12-13H,8-11H2,(H,22,25). The SMILES string of the molecule is O=C(CCc1nc2ccccc2[nH]c1=O)N(c1ccccn1)C1CC1. The molecule has 0 unspecified atom stereocenters. The van der Waals surface area contributed by atoms with E-state index in [0.717, 1.165) is 18.4 Å². The minimum atomic E-state index is -0.234. The third-order valence-corrected chi connectivity index (χ3v) is 4.32.